The molecule has 0 radical (unpaired) electrons. The average Bonchev–Trinajstić information content (AvgIpc) is 3.00. The summed E-state index contributed by atoms with van der Waals surface area (Å²) >= 11 is 6.03. The molecule has 0 aliphatic rings. The van der Waals surface area contributed by atoms with E-state index < -0.39 is 40.2 Å². The number of amides is 2. The highest BCUT2D eigenvalue weighted by molar-refractivity contribution is 7.92. The normalized spacial score (nSPS) is 11.9. The molecule has 4 rings (SSSR count). The van der Waals surface area contributed by atoms with Crippen LogP contribution in [-0.4, -0.2) is 44.8 Å². The predicted octanol–water partition coefficient (Wildman–Crippen LogP) is 5.37. The minimum absolute atomic E-state index is 0.00782. The summed E-state index contributed by atoms with van der Waals surface area (Å²) in [5, 5.41) is 2.35. The maximum Gasteiger partial charge on any atom is 0.264 e. The van der Waals surface area contributed by atoms with Crippen molar-refractivity contribution >= 4 is 39.1 Å². The molecule has 7 nitrogen and oxygen atoms in total. The molecular weight excluding hydrogens is 577 g/mol. The van der Waals surface area contributed by atoms with Gasteiger partial charge in [-0.15, -0.1) is 0 Å². The van der Waals surface area contributed by atoms with Gasteiger partial charge in [-0.3, -0.25) is 13.9 Å². The molecule has 1 N–H and O–H groups in total. The van der Waals surface area contributed by atoms with E-state index in [9.17, 15) is 22.4 Å². The lowest BCUT2D eigenvalue weighted by molar-refractivity contribution is -0.139. The number of carbonyl (C=O) groups excluding carboxylic acids is 2. The van der Waals surface area contributed by atoms with Crippen molar-refractivity contribution in [1.29, 1.82) is 0 Å². The highest BCUT2D eigenvalue weighted by Gasteiger charge is 2.34. The van der Waals surface area contributed by atoms with Gasteiger partial charge in [0, 0.05) is 20.0 Å². The number of benzene rings is 4. The van der Waals surface area contributed by atoms with Crippen LogP contribution in [0.25, 0.3) is 0 Å². The molecule has 0 saturated carbocycles. The molecule has 4 aromatic rings. The number of nitrogens with zero attached hydrogens (tertiary/aromatic N) is 2. The van der Waals surface area contributed by atoms with Crippen molar-refractivity contribution < 1.29 is 22.4 Å². The third kappa shape index (κ3) is 7.35. The Hall–Kier alpha value is -4.21. The van der Waals surface area contributed by atoms with Crippen LogP contribution in [0.4, 0.5) is 10.1 Å². The minimum atomic E-state index is -4.30. The molecule has 42 heavy (non-hydrogen) atoms. The summed E-state index contributed by atoms with van der Waals surface area (Å²) in [6, 6.07) is 26.9. The van der Waals surface area contributed by atoms with Crippen molar-refractivity contribution in [1.82, 2.24) is 10.2 Å². The van der Waals surface area contributed by atoms with Gasteiger partial charge in [-0.2, -0.15) is 0 Å². The molecule has 2 amide bonds. The minimum Gasteiger partial charge on any atom is -0.357 e. The smallest absolute Gasteiger partial charge is 0.264 e. The number of rotatable bonds is 11. The fourth-order valence-corrected chi connectivity index (χ4v) is 6.10. The number of hydrogen-bond acceptors (Lipinski definition) is 4. The molecule has 0 spiro atoms. The Morgan fingerprint density at radius 2 is 1.50 bits per heavy atom. The topological polar surface area (TPSA) is 86.8 Å². The SMILES string of the molecule is CNC(=O)C(Cc1ccccc1)N(Cc1ccc(C)cc1)C(=O)CN(c1ccc(F)c(Cl)c1)S(=O)(=O)c1ccccc1. The highest BCUT2D eigenvalue weighted by atomic mass is 35.5. The molecule has 0 aliphatic carbocycles. The second-order valence-corrected chi connectivity index (χ2v) is 12.0. The van der Waals surface area contributed by atoms with Crippen LogP contribution in [0.1, 0.15) is 16.7 Å². The molecular formula is C32H31ClFN3O4S. The zero-order valence-electron chi connectivity index (χ0n) is 23.2. The second-order valence-electron chi connectivity index (χ2n) is 9.75. The number of carbonyl (C=O) groups is 2. The van der Waals surface area contributed by atoms with Gasteiger partial charge in [-0.1, -0.05) is 90.0 Å². The summed E-state index contributed by atoms with van der Waals surface area (Å²) in [5.41, 5.74) is 2.62. The number of likely N-dealkylation sites (N-methyl/N-ethyl adjacent to an activating group) is 1. The third-order valence-electron chi connectivity index (χ3n) is 6.79. The zero-order chi connectivity index (χ0) is 30.3. The number of sulfonamides is 1. The van der Waals surface area contributed by atoms with E-state index in [2.05, 4.69) is 5.32 Å². The Bertz CT molecular complexity index is 1640. The largest absolute Gasteiger partial charge is 0.357 e. The molecule has 1 unspecified atom stereocenters. The van der Waals surface area contributed by atoms with Crippen molar-refractivity contribution in [3.63, 3.8) is 0 Å². The molecule has 0 aliphatic heterocycles. The van der Waals surface area contributed by atoms with Crippen LogP contribution in [0, 0.1) is 12.7 Å². The summed E-state index contributed by atoms with van der Waals surface area (Å²) in [6.07, 6.45) is 0.200. The van der Waals surface area contributed by atoms with Gasteiger partial charge < -0.3 is 10.2 Å². The molecule has 4 aromatic carbocycles. The lowest BCUT2D eigenvalue weighted by atomic mass is 10.0. The summed E-state index contributed by atoms with van der Waals surface area (Å²) < 4.78 is 42.7. The first kappa shape index (κ1) is 30.7. The first-order valence-corrected chi connectivity index (χ1v) is 15.1. The van der Waals surface area contributed by atoms with Crippen LogP contribution in [0.5, 0.6) is 0 Å². The number of hydrogen-bond donors (Lipinski definition) is 1. The quantitative estimate of drug-likeness (QED) is 0.248. The Kier molecular flexibility index (Phi) is 9.98. The van der Waals surface area contributed by atoms with E-state index in [1.165, 1.54) is 30.1 Å². The van der Waals surface area contributed by atoms with Gasteiger partial charge in [0.15, 0.2) is 0 Å². The molecule has 0 bridgehead atoms. The molecule has 0 saturated heterocycles. The molecule has 10 heteroatoms. The monoisotopic (exact) mass is 607 g/mol. The summed E-state index contributed by atoms with van der Waals surface area (Å²) in [7, 11) is -2.81. The molecule has 0 fully saturated rings. The zero-order valence-corrected chi connectivity index (χ0v) is 24.8. The van der Waals surface area contributed by atoms with Gasteiger partial charge in [-0.25, -0.2) is 12.8 Å². The van der Waals surface area contributed by atoms with E-state index in [4.69, 9.17) is 11.6 Å². The number of anilines is 1. The van der Waals surface area contributed by atoms with Crippen molar-refractivity contribution in [2.75, 3.05) is 17.9 Å². The number of nitrogens with one attached hydrogen (secondary N) is 1. The average molecular weight is 608 g/mol. The van der Waals surface area contributed by atoms with E-state index in [1.54, 1.807) is 18.2 Å². The van der Waals surface area contributed by atoms with Gasteiger partial charge >= 0.3 is 0 Å². The number of aryl methyl sites for hydroxylation is 1. The van der Waals surface area contributed by atoms with Gasteiger partial charge in [0.2, 0.25) is 11.8 Å². The van der Waals surface area contributed by atoms with Gasteiger partial charge in [0.1, 0.15) is 18.4 Å². The lowest BCUT2D eigenvalue weighted by Crippen LogP contribution is -2.53. The first-order valence-electron chi connectivity index (χ1n) is 13.2. The molecule has 218 valence electrons. The summed E-state index contributed by atoms with van der Waals surface area (Å²) in [6.45, 7) is 1.33. The van der Waals surface area contributed by atoms with E-state index in [0.717, 1.165) is 33.1 Å². The van der Waals surface area contributed by atoms with Gasteiger partial charge in [0.05, 0.1) is 15.6 Å². The Morgan fingerprint density at radius 3 is 2.10 bits per heavy atom. The van der Waals surface area contributed by atoms with Crippen molar-refractivity contribution in [2.24, 2.45) is 0 Å². The highest BCUT2D eigenvalue weighted by Crippen LogP contribution is 2.28. The van der Waals surface area contributed by atoms with Crippen molar-refractivity contribution in [3.8, 4) is 0 Å². The van der Waals surface area contributed by atoms with Gasteiger partial charge in [-0.05, 0) is 48.4 Å². The molecule has 0 heterocycles. The predicted molar refractivity (Wildman–Crippen MR) is 162 cm³/mol. The van der Waals surface area contributed by atoms with E-state index >= 15 is 0 Å². The Labute approximate surface area is 250 Å². The van der Waals surface area contributed by atoms with Crippen LogP contribution in [0.15, 0.2) is 108 Å². The second kappa shape index (κ2) is 13.6. The van der Waals surface area contributed by atoms with E-state index in [1.807, 2.05) is 61.5 Å². The van der Waals surface area contributed by atoms with Crippen molar-refractivity contribution in [2.45, 2.75) is 30.8 Å². The molecule has 0 aromatic heterocycles. The standard InChI is InChI=1S/C32H31ClFN3O4S/c1-23-13-15-25(16-14-23)21-36(30(32(39)35-2)19-24-9-5-3-6-10-24)31(38)22-37(26-17-18-29(34)28(33)20-26)42(40,41)27-11-7-4-8-12-27/h3-18,20,30H,19,21-22H2,1-2H3,(H,35,39). The van der Waals surface area contributed by atoms with Crippen LogP contribution in [0.2, 0.25) is 5.02 Å². The van der Waals surface area contributed by atoms with Gasteiger partial charge in [0.25, 0.3) is 10.0 Å². The van der Waals surface area contributed by atoms with Crippen LogP contribution in [-0.2, 0) is 32.6 Å². The summed E-state index contributed by atoms with van der Waals surface area (Å²) in [4.78, 5) is 28.8. The Morgan fingerprint density at radius 1 is 0.881 bits per heavy atom. The maximum absolute atomic E-state index is 14.2. The molecule has 1 atom stereocenters. The van der Waals surface area contributed by atoms with E-state index in [0.29, 0.717) is 0 Å². The fourth-order valence-electron chi connectivity index (χ4n) is 4.50. The van der Waals surface area contributed by atoms with Crippen LogP contribution in [0.3, 0.4) is 0 Å². The Balaban J connectivity index is 1.79. The maximum atomic E-state index is 14.2. The summed E-state index contributed by atoms with van der Waals surface area (Å²) in [5.74, 6) is -1.76. The first-order chi connectivity index (χ1) is 20.1. The lowest BCUT2D eigenvalue weighted by Gasteiger charge is -2.33. The van der Waals surface area contributed by atoms with Crippen LogP contribution < -0.4 is 9.62 Å². The van der Waals surface area contributed by atoms with E-state index in [-0.39, 0.29) is 28.6 Å². The van der Waals surface area contributed by atoms with Crippen molar-refractivity contribution in [3.05, 3.63) is 131 Å². The third-order valence-corrected chi connectivity index (χ3v) is 8.87. The number of halogens is 2. The fraction of sp³-hybridized carbons (Fsp3) is 0.188. The van der Waals surface area contributed by atoms with Crippen LogP contribution >= 0.6 is 11.6 Å².